The van der Waals surface area contributed by atoms with Gasteiger partial charge in [0, 0.05) is 19.3 Å². The summed E-state index contributed by atoms with van der Waals surface area (Å²) in [5.41, 5.74) is 0. The van der Waals surface area contributed by atoms with Crippen LogP contribution in [0.15, 0.2) is 0 Å². The molecule has 0 saturated carbocycles. The van der Waals surface area contributed by atoms with Crippen LogP contribution >= 0.6 is 0 Å². The standard InChI is InChI=1S/C11H16BNO6/c1-4-18-11(16)13-7(10(15)17-3)5-8(9(13)12)19-6(2)14/h7-9H,4-5H2,1-3H3/t7-,8+,9-/m0/s1. The molecule has 0 aliphatic carbocycles. The molecule has 3 atom stereocenters. The predicted molar refractivity (Wildman–Crippen MR) is 64.4 cm³/mol. The molecular formula is C11H16BNO6. The third kappa shape index (κ3) is 3.39. The van der Waals surface area contributed by atoms with Crippen LogP contribution in [0.5, 0.6) is 0 Å². The average Bonchev–Trinajstić information content (AvgIpc) is 2.65. The summed E-state index contributed by atoms with van der Waals surface area (Å²) in [6.07, 6.45) is -1.40. The van der Waals surface area contributed by atoms with Gasteiger partial charge in [-0.05, 0) is 6.92 Å². The minimum atomic E-state index is -0.938. The summed E-state index contributed by atoms with van der Waals surface area (Å²) in [6.45, 7) is 3.01. The first-order valence-electron chi connectivity index (χ1n) is 5.88. The number of methoxy groups -OCH3 is 1. The zero-order chi connectivity index (χ0) is 14.6. The fraction of sp³-hybridized carbons (Fsp3) is 0.727. The SMILES string of the molecule is [B][C@@H]1[C@H](OC(C)=O)C[C@@H](C(=O)OC)N1C(=O)OCC. The lowest BCUT2D eigenvalue weighted by Gasteiger charge is -2.26. The molecule has 2 radical (unpaired) electrons. The first-order valence-corrected chi connectivity index (χ1v) is 5.88. The van der Waals surface area contributed by atoms with Crippen molar-refractivity contribution in [1.82, 2.24) is 4.90 Å². The Hall–Kier alpha value is -1.73. The van der Waals surface area contributed by atoms with E-state index in [1.54, 1.807) is 6.92 Å². The van der Waals surface area contributed by atoms with Crippen molar-refractivity contribution in [2.24, 2.45) is 0 Å². The van der Waals surface area contributed by atoms with E-state index >= 15 is 0 Å². The van der Waals surface area contributed by atoms with Gasteiger partial charge in [-0.2, -0.15) is 0 Å². The van der Waals surface area contributed by atoms with Crippen LogP contribution in [0.3, 0.4) is 0 Å². The van der Waals surface area contributed by atoms with Gasteiger partial charge in [0.15, 0.2) is 0 Å². The number of hydrogen-bond acceptors (Lipinski definition) is 6. The van der Waals surface area contributed by atoms with Crippen molar-refractivity contribution in [3.05, 3.63) is 0 Å². The van der Waals surface area contributed by atoms with E-state index in [9.17, 15) is 14.4 Å². The molecule has 1 rings (SSSR count). The maximum Gasteiger partial charge on any atom is 0.410 e. The number of esters is 2. The van der Waals surface area contributed by atoms with E-state index in [0.29, 0.717) is 0 Å². The highest BCUT2D eigenvalue weighted by atomic mass is 16.6. The molecule has 0 spiro atoms. The zero-order valence-corrected chi connectivity index (χ0v) is 11.1. The quantitative estimate of drug-likeness (QED) is 0.401. The molecule has 0 unspecified atom stereocenters. The number of hydrogen-bond donors (Lipinski definition) is 0. The van der Waals surface area contributed by atoms with Gasteiger partial charge in [0.05, 0.1) is 13.7 Å². The largest absolute Gasteiger partial charge is 0.467 e. The molecule has 19 heavy (non-hydrogen) atoms. The molecule has 1 heterocycles. The molecule has 7 nitrogen and oxygen atoms in total. The van der Waals surface area contributed by atoms with Crippen LogP contribution in [-0.4, -0.2) is 62.6 Å². The van der Waals surface area contributed by atoms with Crippen LogP contribution in [-0.2, 0) is 23.8 Å². The van der Waals surface area contributed by atoms with E-state index in [1.165, 1.54) is 14.0 Å². The van der Waals surface area contributed by atoms with Gasteiger partial charge in [0.2, 0.25) is 0 Å². The topological polar surface area (TPSA) is 82.1 Å². The smallest absolute Gasteiger partial charge is 0.410 e. The van der Waals surface area contributed by atoms with Crippen molar-refractivity contribution in [1.29, 1.82) is 0 Å². The highest BCUT2D eigenvalue weighted by Crippen LogP contribution is 2.27. The Morgan fingerprint density at radius 2 is 2.00 bits per heavy atom. The van der Waals surface area contributed by atoms with Gasteiger partial charge in [-0.15, -0.1) is 0 Å². The van der Waals surface area contributed by atoms with Crippen LogP contribution in [0, 0.1) is 0 Å². The van der Waals surface area contributed by atoms with Gasteiger partial charge >= 0.3 is 18.0 Å². The molecule has 0 N–H and O–H groups in total. The number of ether oxygens (including phenoxy) is 3. The van der Waals surface area contributed by atoms with Crippen molar-refractivity contribution >= 4 is 25.9 Å². The number of rotatable bonds is 3. The lowest BCUT2D eigenvalue weighted by molar-refractivity contribution is -0.148. The van der Waals surface area contributed by atoms with Gasteiger partial charge in [-0.3, -0.25) is 9.69 Å². The summed E-state index contributed by atoms with van der Waals surface area (Å²) in [7, 11) is 7.03. The third-order valence-electron chi connectivity index (χ3n) is 2.76. The van der Waals surface area contributed by atoms with E-state index in [4.69, 9.17) is 17.3 Å². The maximum absolute atomic E-state index is 11.8. The second kappa shape index (κ2) is 6.44. The van der Waals surface area contributed by atoms with E-state index < -0.39 is 36.1 Å². The molecule has 1 amide bonds. The van der Waals surface area contributed by atoms with Crippen LogP contribution in [0.4, 0.5) is 4.79 Å². The minimum Gasteiger partial charge on any atom is -0.467 e. The van der Waals surface area contributed by atoms with Gasteiger partial charge in [-0.25, -0.2) is 9.59 Å². The van der Waals surface area contributed by atoms with E-state index in [-0.39, 0.29) is 13.0 Å². The fourth-order valence-corrected chi connectivity index (χ4v) is 1.98. The molecule has 0 aromatic carbocycles. The number of likely N-dealkylation sites (tertiary alicyclic amines) is 1. The second-order valence-corrected chi connectivity index (χ2v) is 4.02. The number of nitrogens with zero attached hydrogens (tertiary/aromatic N) is 1. The van der Waals surface area contributed by atoms with E-state index in [1.807, 2.05) is 0 Å². The third-order valence-corrected chi connectivity index (χ3v) is 2.76. The van der Waals surface area contributed by atoms with E-state index in [0.717, 1.165) is 4.90 Å². The van der Waals surface area contributed by atoms with Gasteiger partial charge in [0.1, 0.15) is 20.0 Å². The van der Waals surface area contributed by atoms with Crippen molar-refractivity contribution in [2.75, 3.05) is 13.7 Å². The lowest BCUT2D eigenvalue weighted by atomic mass is 9.92. The highest BCUT2D eigenvalue weighted by molar-refractivity contribution is 6.14. The lowest BCUT2D eigenvalue weighted by Crippen LogP contribution is -2.47. The van der Waals surface area contributed by atoms with Crippen molar-refractivity contribution in [2.45, 2.75) is 38.4 Å². The maximum atomic E-state index is 11.8. The Bertz CT molecular complexity index is 374. The Balaban J connectivity index is 2.90. The Morgan fingerprint density at radius 1 is 1.37 bits per heavy atom. The van der Waals surface area contributed by atoms with Crippen molar-refractivity contribution in [3.8, 4) is 0 Å². The summed E-state index contributed by atoms with van der Waals surface area (Å²) in [4.78, 5) is 35.4. The summed E-state index contributed by atoms with van der Waals surface area (Å²) in [5.74, 6) is -2.10. The first kappa shape index (κ1) is 15.3. The average molecular weight is 269 g/mol. The molecule has 0 aromatic rings. The first-order chi connectivity index (χ1) is 8.92. The Kier molecular flexibility index (Phi) is 5.20. The normalized spacial score (nSPS) is 25.8. The van der Waals surface area contributed by atoms with Crippen LogP contribution < -0.4 is 0 Å². The highest BCUT2D eigenvalue weighted by Gasteiger charge is 2.47. The molecular weight excluding hydrogens is 253 g/mol. The van der Waals surface area contributed by atoms with Crippen LogP contribution in [0.1, 0.15) is 20.3 Å². The zero-order valence-electron chi connectivity index (χ0n) is 11.1. The molecule has 0 aromatic heterocycles. The molecule has 1 fully saturated rings. The van der Waals surface area contributed by atoms with Gasteiger partial charge < -0.3 is 14.2 Å². The summed E-state index contributed by atoms with van der Waals surface area (Å²) in [6, 6.07) is -0.914. The number of carbonyl (C=O) groups excluding carboxylic acids is 3. The summed E-state index contributed by atoms with van der Waals surface area (Å²) >= 11 is 0. The molecule has 0 bridgehead atoms. The van der Waals surface area contributed by atoms with Crippen LogP contribution in [0.25, 0.3) is 0 Å². The van der Waals surface area contributed by atoms with Crippen LogP contribution in [0.2, 0.25) is 0 Å². The van der Waals surface area contributed by atoms with Gasteiger partial charge in [-0.1, -0.05) is 0 Å². The van der Waals surface area contributed by atoms with Gasteiger partial charge in [0.25, 0.3) is 0 Å². The Labute approximate surface area is 112 Å². The second-order valence-electron chi connectivity index (χ2n) is 4.02. The summed E-state index contributed by atoms with van der Waals surface area (Å²) < 4.78 is 14.4. The van der Waals surface area contributed by atoms with Crippen molar-refractivity contribution in [3.63, 3.8) is 0 Å². The van der Waals surface area contributed by atoms with E-state index in [2.05, 4.69) is 4.74 Å². The molecule has 1 aliphatic heterocycles. The predicted octanol–water partition coefficient (Wildman–Crippen LogP) is -0.184. The summed E-state index contributed by atoms with van der Waals surface area (Å²) in [5, 5.41) is 0. The monoisotopic (exact) mass is 269 g/mol. The fourth-order valence-electron chi connectivity index (χ4n) is 1.98. The molecule has 1 aliphatic rings. The minimum absolute atomic E-state index is 0.0895. The molecule has 1 saturated heterocycles. The number of amides is 1. The number of carbonyl (C=O) groups is 3. The Morgan fingerprint density at radius 3 is 2.47 bits per heavy atom. The van der Waals surface area contributed by atoms with Crippen molar-refractivity contribution < 1.29 is 28.6 Å². The molecule has 8 heteroatoms. The molecule has 104 valence electrons.